The molecular weight excluding hydrogens is 586 g/mol. The van der Waals surface area contributed by atoms with Crippen LogP contribution in [0.5, 0.6) is 5.75 Å². The predicted octanol–water partition coefficient (Wildman–Crippen LogP) is 4.11. The van der Waals surface area contributed by atoms with Gasteiger partial charge in [0.05, 0.1) is 29.3 Å². The Morgan fingerprint density at radius 1 is 1.09 bits per heavy atom. The van der Waals surface area contributed by atoms with E-state index in [2.05, 4.69) is 30.1 Å². The van der Waals surface area contributed by atoms with Crippen LogP contribution in [-0.4, -0.2) is 93.1 Å². The average molecular weight is 620 g/mol. The highest BCUT2D eigenvalue weighted by molar-refractivity contribution is 7.19. The van der Waals surface area contributed by atoms with Crippen molar-refractivity contribution in [2.75, 3.05) is 57.7 Å². The maximum Gasteiger partial charge on any atom is 0.246 e. The number of hydrogen-bond acceptors (Lipinski definition) is 10. The molecule has 224 valence electrons. The number of halogens is 1. The Bertz CT molecular complexity index is 1590. The van der Waals surface area contributed by atoms with Gasteiger partial charge in [-0.2, -0.15) is 0 Å². The number of β-amino-alcohol motifs (C(OH)–C–C–N with tert-alkyl or cyclic N) is 1. The second-order valence-corrected chi connectivity index (χ2v) is 12.1. The summed E-state index contributed by atoms with van der Waals surface area (Å²) in [5.74, 6) is 1.34. The molecule has 0 aliphatic carbocycles. The number of amides is 1. The molecule has 1 amide bonds. The monoisotopic (exact) mass is 619 g/mol. The lowest BCUT2D eigenvalue weighted by Gasteiger charge is -2.33. The van der Waals surface area contributed by atoms with Gasteiger partial charge in [-0.25, -0.2) is 9.97 Å². The molecule has 2 aliphatic rings. The number of nitrogens with zero attached hydrogens (tertiary/aromatic N) is 6. The Morgan fingerprint density at radius 3 is 2.74 bits per heavy atom. The molecule has 2 aliphatic heterocycles. The van der Waals surface area contributed by atoms with Gasteiger partial charge >= 0.3 is 0 Å². The zero-order valence-electron chi connectivity index (χ0n) is 23.8. The molecule has 1 fully saturated rings. The van der Waals surface area contributed by atoms with Gasteiger partial charge < -0.3 is 20.1 Å². The van der Waals surface area contributed by atoms with Crippen LogP contribution in [0.2, 0.25) is 5.02 Å². The quantitative estimate of drug-likeness (QED) is 0.254. The molecular formula is C31H34ClN7O3S. The molecule has 3 aromatic heterocycles. The average Bonchev–Trinajstić information content (AvgIpc) is 3.41. The molecule has 0 bridgehead atoms. The van der Waals surface area contributed by atoms with Crippen molar-refractivity contribution in [1.82, 2.24) is 29.7 Å². The number of thiophene rings is 1. The van der Waals surface area contributed by atoms with Crippen molar-refractivity contribution in [3.05, 3.63) is 82.2 Å². The van der Waals surface area contributed by atoms with Gasteiger partial charge in [0.1, 0.15) is 29.3 Å². The lowest BCUT2D eigenvalue weighted by atomic mass is 10.0. The molecule has 0 atom stereocenters. The first kappa shape index (κ1) is 29.5. The number of hydrogen-bond donors (Lipinski definition) is 2. The highest BCUT2D eigenvalue weighted by Gasteiger charge is 2.26. The van der Waals surface area contributed by atoms with Gasteiger partial charge in [-0.15, -0.1) is 11.3 Å². The summed E-state index contributed by atoms with van der Waals surface area (Å²) in [7, 11) is 0. The van der Waals surface area contributed by atoms with E-state index in [-0.39, 0.29) is 12.5 Å². The minimum absolute atomic E-state index is 0.0338. The number of ether oxygens (including phenoxy) is 1. The number of rotatable bonds is 10. The van der Waals surface area contributed by atoms with Crippen LogP contribution in [0, 0.1) is 0 Å². The number of aromatic nitrogens is 3. The Hall–Kier alpha value is -3.61. The third kappa shape index (κ3) is 7.14. The number of nitrogens with one attached hydrogen (secondary N) is 1. The normalized spacial score (nSPS) is 16.1. The van der Waals surface area contributed by atoms with E-state index in [1.165, 1.54) is 5.56 Å². The SMILES string of the molecule is O=C(/C=C/CN1CCN(CCO)CC1)N1CCc2c(sc3ncnc(Nc4ccc(OCc5ccccn5)c(Cl)c4)c23)C1. The summed E-state index contributed by atoms with van der Waals surface area (Å²) < 4.78 is 5.86. The molecule has 0 radical (unpaired) electrons. The first-order chi connectivity index (χ1) is 21.1. The molecule has 12 heteroatoms. The molecule has 10 nitrogen and oxygen atoms in total. The molecule has 5 heterocycles. The van der Waals surface area contributed by atoms with E-state index in [1.54, 1.807) is 29.9 Å². The molecule has 43 heavy (non-hydrogen) atoms. The number of piperazine rings is 1. The number of aliphatic hydroxyl groups excluding tert-OH is 1. The topological polar surface area (TPSA) is 107 Å². The van der Waals surface area contributed by atoms with Crippen LogP contribution in [-0.2, 0) is 24.4 Å². The van der Waals surface area contributed by atoms with Crippen LogP contribution in [0.4, 0.5) is 11.5 Å². The van der Waals surface area contributed by atoms with Crippen LogP contribution in [0.3, 0.4) is 0 Å². The number of aliphatic hydroxyl groups is 1. The largest absolute Gasteiger partial charge is 0.486 e. The van der Waals surface area contributed by atoms with Crippen LogP contribution in [0.25, 0.3) is 10.2 Å². The van der Waals surface area contributed by atoms with Crippen LogP contribution in [0.15, 0.2) is 61.1 Å². The molecule has 1 saturated heterocycles. The minimum atomic E-state index is 0.0338. The molecule has 4 aromatic rings. The summed E-state index contributed by atoms with van der Waals surface area (Å²) in [6.45, 7) is 7.00. The highest BCUT2D eigenvalue weighted by Crippen LogP contribution is 2.39. The number of pyridine rings is 1. The maximum atomic E-state index is 13.0. The van der Waals surface area contributed by atoms with Gasteiger partial charge in [0.25, 0.3) is 0 Å². The van der Waals surface area contributed by atoms with Gasteiger partial charge in [-0.3, -0.25) is 19.6 Å². The van der Waals surface area contributed by atoms with Gasteiger partial charge in [-0.1, -0.05) is 23.7 Å². The van der Waals surface area contributed by atoms with Crippen molar-refractivity contribution in [2.24, 2.45) is 0 Å². The van der Waals surface area contributed by atoms with Crippen LogP contribution < -0.4 is 10.1 Å². The van der Waals surface area contributed by atoms with Crippen LogP contribution >= 0.6 is 22.9 Å². The van der Waals surface area contributed by atoms with Gasteiger partial charge in [0, 0.05) is 68.7 Å². The Labute approximate surface area is 259 Å². The van der Waals surface area contributed by atoms with E-state index < -0.39 is 0 Å². The lowest BCUT2D eigenvalue weighted by Crippen LogP contribution is -2.47. The summed E-state index contributed by atoms with van der Waals surface area (Å²) in [6.07, 6.45) is 7.72. The molecule has 2 N–H and O–H groups in total. The third-order valence-electron chi connectivity index (χ3n) is 7.75. The molecule has 6 rings (SSSR count). The third-order valence-corrected chi connectivity index (χ3v) is 9.17. The highest BCUT2D eigenvalue weighted by atomic mass is 35.5. The Morgan fingerprint density at radius 2 is 1.95 bits per heavy atom. The lowest BCUT2D eigenvalue weighted by molar-refractivity contribution is -0.126. The molecule has 0 spiro atoms. The van der Waals surface area contributed by atoms with Gasteiger partial charge in [-0.05, 0) is 42.3 Å². The summed E-state index contributed by atoms with van der Waals surface area (Å²) in [6, 6.07) is 11.3. The van der Waals surface area contributed by atoms with E-state index in [4.69, 9.17) is 21.4 Å². The van der Waals surface area contributed by atoms with E-state index in [9.17, 15) is 4.79 Å². The van der Waals surface area contributed by atoms with E-state index >= 15 is 0 Å². The minimum Gasteiger partial charge on any atom is -0.486 e. The smallest absolute Gasteiger partial charge is 0.246 e. The summed E-state index contributed by atoms with van der Waals surface area (Å²) in [5.41, 5.74) is 2.81. The summed E-state index contributed by atoms with van der Waals surface area (Å²) >= 11 is 8.16. The molecule has 0 saturated carbocycles. The van der Waals surface area contributed by atoms with E-state index in [0.29, 0.717) is 30.5 Å². The summed E-state index contributed by atoms with van der Waals surface area (Å²) in [4.78, 5) is 34.9. The van der Waals surface area contributed by atoms with E-state index in [0.717, 1.165) is 78.0 Å². The molecule has 1 aromatic carbocycles. The van der Waals surface area contributed by atoms with Crippen molar-refractivity contribution in [3.8, 4) is 5.75 Å². The van der Waals surface area contributed by atoms with Gasteiger partial charge in [0.2, 0.25) is 5.91 Å². The van der Waals surface area contributed by atoms with Crippen molar-refractivity contribution in [3.63, 3.8) is 0 Å². The number of fused-ring (bicyclic) bond motifs is 3. The van der Waals surface area contributed by atoms with E-state index in [1.807, 2.05) is 47.4 Å². The fourth-order valence-corrected chi connectivity index (χ4v) is 6.86. The van der Waals surface area contributed by atoms with Crippen molar-refractivity contribution in [1.29, 1.82) is 0 Å². The Balaban J connectivity index is 1.08. The summed E-state index contributed by atoms with van der Waals surface area (Å²) in [5, 5.41) is 14.0. The Kier molecular flexibility index (Phi) is 9.45. The first-order valence-corrected chi connectivity index (χ1v) is 15.6. The van der Waals surface area contributed by atoms with Gasteiger partial charge in [0.15, 0.2) is 0 Å². The number of anilines is 2. The zero-order chi connectivity index (χ0) is 29.6. The fourth-order valence-electron chi connectivity index (χ4n) is 5.42. The predicted molar refractivity (Wildman–Crippen MR) is 169 cm³/mol. The fraction of sp³-hybridized carbons (Fsp3) is 0.355. The first-order valence-electron chi connectivity index (χ1n) is 14.4. The second kappa shape index (κ2) is 13.8. The zero-order valence-corrected chi connectivity index (χ0v) is 25.4. The second-order valence-electron chi connectivity index (χ2n) is 10.6. The standard InChI is InChI=1S/C31H34ClN7O3S/c32-25-18-22(6-7-26(25)42-20-23-4-1-2-9-33-23)36-30-29-24-8-11-39(19-27(24)43-31(29)35-21-34-30)28(41)5-3-10-37-12-14-38(15-13-37)16-17-40/h1-7,9,18,21,40H,8,10-17,19-20H2,(H,34,35,36)/b5-3+. The van der Waals surface area contributed by atoms with Crippen molar-refractivity contribution in [2.45, 2.75) is 19.6 Å². The van der Waals surface area contributed by atoms with Crippen LogP contribution in [0.1, 0.15) is 16.1 Å². The number of benzene rings is 1. The number of carbonyl (C=O) groups is 1. The maximum absolute atomic E-state index is 13.0. The van der Waals surface area contributed by atoms with Crippen molar-refractivity contribution >= 4 is 50.6 Å². The van der Waals surface area contributed by atoms with Crippen molar-refractivity contribution < 1.29 is 14.6 Å². The molecule has 0 unspecified atom stereocenters. The number of carbonyl (C=O) groups excluding carboxylic acids is 1.